The number of aryl methyl sites for hydroxylation is 3. The van der Waals surface area contributed by atoms with E-state index in [9.17, 15) is 13.2 Å². The third-order valence-electron chi connectivity index (χ3n) is 5.24. The summed E-state index contributed by atoms with van der Waals surface area (Å²) >= 11 is 0. The number of rotatable bonds is 5. The fourth-order valence-electron chi connectivity index (χ4n) is 4.08. The maximum atomic E-state index is 13.0. The Morgan fingerprint density at radius 1 is 1.14 bits per heavy atom. The standard InChI is InChI=1S/C22H28N2O3S/c1-15-12-16(2)14-19(13-15)24(28(4,26)27)17(3)22(25)23-21-11-7-9-18-8-5-6-10-20(18)21/h5-6,8,10,12-14,17,21H,7,9,11H2,1-4H3,(H,23,25). The minimum absolute atomic E-state index is 0.0828. The molecule has 0 heterocycles. The summed E-state index contributed by atoms with van der Waals surface area (Å²) in [4.78, 5) is 13.0. The molecule has 0 saturated heterocycles. The quantitative estimate of drug-likeness (QED) is 0.833. The van der Waals surface area contributed by atoms with Gasteiger partial charge in [0, 0.05) is 0 Å². The second kappa shape index (κ2) is 7.95. The molecule has 1 amide bonds. The molecule has 2 aromatic carbocycles. The van der Waals surface area contributed by atoms with Crippen LogP contribution < -0.4 is 9.62 Å². The van der Waals surface area contributed by atoms with Crippen LogP contribution in [0.2, 0.25) is 0 Å². The van der Waals surface area contributed by atoms with E-state index in [-0.39, 0.29) is 11.9 Å². The zero-order chi connectivity index (χ0) is 20.5. The minimum Gasteiger partial charge on any atom is -0.347 e. The molecule has 0 bridgehead atoms. The first-order chi connectivity index (χ1) is 13.2. The lowest BCUT2D eigenvalue weighted by atomic mass is 9.87. The van der Waals surface area contributed by atoms with Crippen LogP contribution in [0.15, 0.2) is 42.5 Å². The van der Waals surface area contributed by atoms with Crippen LogP contribution in [0.1, 0.15) is 48.1 Å². The number of anilines is 1. The molecule has 0 aliphatic heterocycles. The van der Waals surface area contributed by atoms with Gasteiger partial charge in [-0.1, -0.05) is 30.3 Å². The number of hydrogen-bond donors (Lipinski definition) is 1. The van der Waals surface area contributed by atoms with Gasteiger partial charge in [-0.05, 0) is 74.4 Å². The van der Waals surface area contributed by atoms with Gasteiger partial charge in [0.2, 0.25) is 15.9 Å². The summed E-state index contributed by atoms with van der Waals surface area (Å²) in [6, 6.07) is 12.8. The number of amides is 1. The van der Waals surface area contributed by atoms with Gasteiger partial charge in [0.1, 0.15) is 6.04 Å². The Morgan fingerprint density at radius 3 is 2.43 bits per heavy atom. The summed E-state index contributed by atoms with van der Waals surface area (Å²) in [6.07, 6.45) is 4.02. The second-order valence-electron chi connectivity index (χ2n) is 7.73. The molecule has 1 N–H and O–H groups in total. The van der Waals surface area contributed by atoms with Gasteiger partial charge in [-0.25, -0.2) is 8.42 Å². The first-order valence-electron chi connectivity index (χ1n) is 9.62. The van der Waals surface area contributed by atoms with E-state index in [1.54, 1.807) is 19.1 Å². The highest BCUT2D eigenvalue weighted by molar-refractivity contribution is 7.92. The molecule has 2 unspecified atom stereocenters. The Labute approximate surface area is 167 Å². The fourth-order valence-corrected chi connectivity index (χ4v) is 5.24. The molecular formula is C22H28N2O3S. The lowest BCUT2D eigenvalue weighted by Crippen LogP contribution is -2.49. The first kappa shape index (κ1) is 20.4. The normalized spacial score (nSPS) is 17.5. The molecule has 2 aromatic rings. The SMILES string of the molecule is Cc1cc(C)cc(N(C(C)C(=O)NC2CCCc3ccccc32)S(C)(=O)=O)c1. The zero-order valence-electron chi connectivity index (χ0n) is 16.9. The van der Waals surface area contributed by atoms with Gasteiger partial charge in [-0.3, -0.25) is 9.10 Å². The van der Waals surface area contributed by atoms with Gasteiger partial charge in [-0.2, -0.15) is 0 Å². The number of carbonyl (C=O) groups excluding carboxylic acids is 1. The van der Waals surface area contributed by atoms with E-state index in [2.05, 4.69) is 11.4 Å². The summed E-state index contributed by atoms with van der Waals surface area (Å²) in [5, 5.41) is 3.08. The van der Waals surface area contributed by atoms with Crippen molar-refractivity contribution in [3.63, 3.8) is 0 Å². The largest absolute Gasteiger partial charge is 0.347 e. The summed E-state index contributed by atoms with van der Waals surface area (Å²) in [6.45, 7) is 5.48. The van der Waals surface area contributed by atoms with Crippen molar-refractivity contribution in [1.29, 1.82) is 0 Å². The molecule has 1 aliphatic rings. The Hall–Kier alpha value is -2.34. The molecule has 28 heavy (non-hydrogen) atoms. The van der Waals surface area contributed by atoms with Crippen LogP contribution in [-0.2, 0) is 21.2 Å². The molecule has 0 spiro atoms. The molecule has 3 rings (SSSR count). The lowest BCUT2D eigenvalue weighted by molar-refractivity contribution is -0.122. The molecule has 1 aliphatic carbocycles. The number of benzene rings is 2. The lowest BCUT2D eigenvalue weighted by Gasteiger charge is -2.32. The van der Waals surface area contributed by atoms with Gasteiger partial charge in [0.05, 0.1) is 18.0 Å². The number of nitrogens with zero attached hydrogens (tertiary/aromatic N) is 1. The molecule has 0 fully saturated rings. The summed E-state index contributed by atoms with van der Waals surface area (Å²) in [5.74, 6) is -0.286. The smallest absolute Gasteiger partial charge is 0.244 e. The van der Waals surface area contributed by atoms with Crippen molar-refractivity contribution in [2.24, 2.45) is 0 Å². The van der Waals surface area contributed by atoms with Gasteiger partial charge in [0.25, 0.3) is 0 Å². The van der Waals surface area contributed by atoms with Crippen molar-refractivity contribution < 1.29 is 13.2 Å². The highest BCUT2D eigenvalue weighted by Gasteiger charge is 2.31. The maximum absolute atomic E-state index is 13.0. The summed E-state index contributed by atoms with van der Waals surface area (Å²) in [5.41, 5.74) is 4.81. The van der Waals surface area contributed by atoms with E-state index >= 15 is 0 Å². The number of fused-ring (bicyclic) bond motifs is 1. The zero-order valence-corrected chi connectivity index (χ0v) is 17.7. The van der Waals surface area contributed by atoms with Crippen LogP contribution >= 0.6 is 0 Å². The highest BCUT2D eigenvalue weighted by atomic mass is 32.2. The van der Waals surface area contributed by atoms with Gasteiger partial charge in [-0.15, -0.1) is 0 Å². The number of hydrogen-bond acceptors (Lipinski definition) is 3. The van der Waals surface area contributed by atoms with E-state index in [1.165, 1.54) is 9.87 Å². The van der Waals surface area contributed by atoms with Crippen molar-refractivity contribution in [2.75, 3.05) is 10.6 Å². The van der Waals surface area contributed by atoms with Crippen LogP contribution in [0.5, 0.6) is 0 Å². The fraction of sp³-hybridized carbons (Fsp3) is 0.409. The van der Waals surface area contributed by atoms with E-state index in [0.717, 1.165) is 42.2 Å². The van der Waals surface area contributed by atoms with Crippen LogP contribution in [0.4, 0.5) is 5.69 Å². The van der Waals surface area contributed by atoms with Crippen LogP contribution in [-0.4, -0.2) is 26.6 Å². The summed E-state index contributed by atoms with van der Waals surface area (Å²) < 4.78 is 26.3. The molecular weight excluding hydrogens is 372 g/mol. The Balaban J connectivity index is 1.88. The van der Waals surface area contributed by atoms with Crippen LogP contribution in [0.25, 0.3) is 0 Å². The number of nitrogens with one attached hydrogen (secondary N) is 1. The van der Waals surface area contributed by atoms with E-state index in [0.29, 0.717) is 5.69 Å². The van der Waals surface area contributed by atoms with Crippen molar-refractivity contribution in [1.82, 2.24) is 5.32 Å². The maximum Gasteiger partial charge on any atom is 0.244 e. The molecule has 5 nitrogen and oxygen atoms in total. The second-order valence-corrected chi connectivity index (χ2v) is 9.59. The molecule has 150 valence electrons. The predicted octanol–water partition coefficient (Wildman–Crippen LogP) is 3.65. The van der Waals surface area contributed by atoms with Crippen molar-refractivity contribution in [2.45, 2.75) is 52.1 Å². The van der Waals surface area contributed by atoms with Crippen molar-refractivity contribution >= 4 is 21.6 Å². The molecule has 0 saturated carbocycles. The topological polar surface area (TPSA) is 66.5 Å². The van der Waals surface area contributed by atoms with E-state index < -0.39 is 16.1 Å². The van der Waals surface area contributed by atoms with Crippen molar-refractivity contribution in [3.05, 3.63) is 64.7 Å². The third-order valence-corrected chi connectivity index (χ3v) is 6.48. The highest BCUT2D eigenvalue weighted by Crippen LogP contribution is 2.30. The average molecular weight is 401 g/mol. The summed E-state index contributed by atoms with van der Waals surface area (Å²) in [7, 11) is -3.62. The van der Waals surface area contributed by atoms with E-state index in [1.807, 2.05) is 38.1 Å². The Bertz CT molecular complexity index is 965. The monoisotopic (exact) mass is 400 g/mol. The Morgan fingerprint density at radius 2 is 1.79 bits per heavy atom. The van der Waals surface area contributed by atoms with Gasteiger partial charge < -0.3 is 5.32 Å². The molecule has 6 heteroatoms. The third kappa shape index (κ3) is 4.38. The molecule has 0 radical (unpaired) electrons. The van der Waals surface area contributed by atoms with Crippen LogP contribution in [0, 0.1) is 13.8 Å². The minimum atomic E-state index is -3.62. The average Bonchev–Trinajstić information content (AvgIpc) is 2.60. The van der Waals surface area contributed by atoms with Crippen LogP contribution in [0.3, 0.4) is 0 Å². The predicted molar refractivity (Wildman–Crippen MR) is 113 cm³/mol. The molecule has 0 aromatic heterocycles. The number of sulfonamides is 1. The van der Waals surface area contributed by atoms with Gasteiger partial charge >= 0.3 is 0 Å². The Kier molecular flexibility index (Phi) is 5.79. The molecule has 2 atom stereocenters. The van der Waals surface area contributed by atoms with Gasteiger partial charge in [0.15, 0.2) is 0 Å². The first-order valence-corrected chi connectivity index (χ1v) is 11.5. The number of carbonyl (C=O) groups is 1. The van der Waals surface area contributed by atoms with E-state index in [4.69, 9.17) is 0 Å². The van der Waals surface area contributed by atoms with Crippen molar-refractivity contribution in [3.8, 4) is 0 Å².